The average Bonchev–Trinajstić information content (AvgIpc) is 3.24. The lowest BCUT2D eigenvalue weighted by molar-refractivity contribution is -0.197. The van der Waals surface area contributed by atoms with Crippen molar-refractivity contribution in [3.63, 3.8) is 0 Å². The van der Waals surface area contributed by atoms with Crippen LogP contribution in [0.5, 0.6) is 0 Å². The van der Waals surface area contributed by atoms with Crippen LogP contribution < -0.4 is 0 Å². The monoisotopic (exact) mass is 454 g/mol. The molecule has 12 nitrogen and oxygen atoms in total. The molecule has 0 saturated carbocycles. The Morgan fingerprint density at radius 3 is 1.69 bits per heavy atom. The van der Waals surface area contributed by atoms with Crippen molar-refractivity contribution in [3.05, 3.63) is 11.8 Å². The second-order valence-electron chi connectivity index (χ2n) is 7.04. The highest BCUT2D eigenvalue weighted by Crippen LogP contribution is 2.14. The molecule has 0 bridgehead atoms. The van der Waals surface area contributed by atoms with Gasteiger partial charge in [0.05, 0.1) is 31.8 Å². The maximum absolute atomic E-state index is 11.7. The van der Waals surface area contributed by atoms with Gasteiger partial charge in [-0.25, -0.2) is 9.59 Å². The van der Waals surface area contributed by atoms with Crippen LogP contribution in [-0.4, -0.2) is 65.5 Å². The molecule has 2 aliphatic heterocycles. The molecule has 0 aromatic heterocycles. The largest absolute Gasteiger partial charge is 0.498 e. The fourth-order valence-electron chi connectivity index (χ4n) is 2.70. The maximum Gasteiger partial charge on any atom is 0.333 e. The molecular weight excluding hydrogens is 428 g/mol. The molecule has 0 aromatic rings. The molecule has 0 aromatic carbocycles. The van der Waals surface area contributed by atoms with Crippen molar-refractivity contribution >= 4 is 35.6 Å². The van der Waals surface area contributed by atoms with E-state index in [1.165, 1.54) is 0 Å². The van der Waals surface area contributed by atoms with Crippen LogP contribution in [0, 0.1) is 0 Å². The van der Waals surface area contributed by atoms with Crippen LogP contribution in [0.25, 0.3) is 0 Å². The number of carbonyl (C=O) groups is 6. The van der Waals surface area contributed by atoms with E-state index in [-0.39, 0.29) is 58.3 Å². The van der Waals surface area contributed by atoms with Crippen molar-refractivity contribution in [3.8, 4) is 0 Å². The van der Waals surface area contributed by atoms with Crippen molar-refractivity contribution in [1.82, 2.24) is 10.1 Å². The molecule has 32 heavy (non-hydrogen) atoms. The Hall–Kier alpha value is -3.28. The van der Waals surface area contributed by atoms with Gasteiger partial charge >= 0.3 is 11.9 Å². The molecule has 12 heteroatoms. The molecule has 2 saturated heterocycles. The average molecular weight is 454 g/mol. The van der Waals surface area contributed by atoms with Gasteiger partial charge in [0.1, 0.15) is 0 Å². The lowest BCUT2D eigenvalue weighted by Gasteiger charge is -2.12. The molecule has 2 rings (SSSR count). The fraction of sp³-hybridized carbons (Fsp3) is 0.600. The first-order valence-corrected chi connectivity index (χ1v) is 10.3. The van der Waals surface area contributed by atoms with E-state index >= 15 is 0 Å². The molecule has 2 fully saturated rings. The van der Waals surface area contributed by atoms with E-state index in [4.69, 9.17) is 19.1 Å². The van der Waals surface area contributed by atoms with Crippen molar-refractivity contribution in [2.75, 3.05) is 19.8 Å². The number of imide groups is 2. The highest BCUT2D eigenvalue weighted by atomic mass is 16.7. The summed E-state index contributed by atoms with van der Waals surface area (Å²) in [4.78, 5) is 78.2. The van der Waals surface area contributed by atoms with Crippen LogP contribution in [0.2, 0.25) is 0 Å². The Labute approximate surface area is 184 Å². The number of ether oxygens (including phenoxy) is 2. The Bertz CT molecular complexity index is 759. The zero-order chi connectivity index (χ0) is 23.5. The standard InChI is InChI=1S/C20H26N2O10/c1-14(30-12-3-5-20(28)32-22-17(25)8-9-18(22)26)10-13-29-11-2-4-19(27)31-21-15(23)6-7-16(21)24/h10H,2-9,11-13H2,1H3/b14-10+. The predicted molar refractivity (Wildman–Crippen MR) is 103 cm³/mol. The van der Waals surface area contributed by atoms with Crippen LogP contribution in [0.1, 0.15) is 58.3 Å². The Kier molecular flexibility index (Phi) is 9.79. The third kappa shape index (κ3) is 8.10. The minimum absolute atomic E-state index is 0.000971. The van der Waals surface area contributed by atoms with E-state index in [0.29, 0.717) is 28.7 Å². The minimum Gasteiger partial charge on any atom is -0.498 e. The number of hydrogen-bond acceptors (Lipinski definition) is 10. The summed E-state index contributed by atoms with van der Waals surface area (Å²) in [5.74, 6) is -2.86. The van der Waals surface area contributed by atoms with E-state index < -0.39 is 35.6 Å². The number of hydrogen-bond donors (Lipinski definition) is 0. The predicted octanol–water partition coefficient (Wildman–Crippen LogP) is 0.698. The smallest absolute Gasteiger partial charge is 0.333 e. The molecule has 0 radical (unpaired) electrons. The van der Waals surface area contributed by atoms with E-state index in [1.807, 2.05) is 0 Å². The number of hydroxylamine groups is 4. The highest BCUT2D eigenvalue weighted by molar-refractivity contribution is 6.02. The SMILES string of the molecule is C/C(=C\COCCCC(=O)ON1C(=O)CCC1=O)OCCCC(=O)ON1C(=O)CCC1=O. The molecular formula is C20H26N2O10. The second-order valence-corrected chi connectivity index (χ2v) is 7.04. The number of allylic oxidation sites excluding steroid dienone is 1. The third-order valence-electron chi connectivity index (χ3n) is 4.41. The number of nitrogens with zero attached hydrogens (tertiary/aromatic N) is 2. The van der Waals surface area contributed by atoms with Gasteiger partial charge in [-0.05, 0) is 25.8 Å². The summed E-state index contributed by atoms with van der Waals surface area (Å²) in [7, 11) is 0. The van der Waals surface area contributed by atoms with Crippen LogP contribution in [0.15, 0.2) is 11.8 Å². The molecule has 0 aliphatic carbocycles. The van der Waals surface area contributed by atoms with Crippen molar-refractivity contribution in [2.45, 2.75) is 58.3 Å². The van der Waals surface area contributed by atoms with Crippen molar-refractivity contribution in [2.24, 2.45) is 0 Å². The molecule has 0 spiro atoms. The summed E-state index contributed by atoms with van der Waals surface area (Å²) in [6.45, 7) is 2.45. The molecule has 176 valence electrons. The molecule has 2 heterocycles. The van der Waals surface area contributed by atoms with Crippen molar-refractivity contribution < 1.29 is 47.9 Å². The number of amides is 4. The first-order valence-electron chi connectivity index (χ1n) is 10.3. The summed E-state index contributed by atoms with van der Waals surface area (Å²) in [6.07, 6.45) is 2.56. The van der Waals surface area contributed by atoms with Crippen LogP contribution >= 0.6 is 0 Å². The van der Waals surface area contributed by atoms with Gasteiger partial charge in [0.25, 0.3) is 23.6 Å². The van der Waals surface area contributed by atoms with Gasteiger partial charge in [-0.1, -0.05) is 0 Å². The van der Waals surface area contributed by atoms with E-state index in [1.54, 1.807) is 13.0 Å². The second kappa shape index (κ2) is 12.5. The molecule has 0 unspecified atom stereocenters. The van der Waals surface area contributed by atoms with Gasteiger partial charge in [-0.15, -0.1) is 10.1 Å². The lowest BCUT2D eigenvalue weighted by Crippen LogP contribution is -2.32. The number of rotatable bonds is 13. The van der Waals surface area contributed by atoms with Crippen LogP contribution in [0.3, 0.4) is 0 Å². The molecule has 0 atom stereocenters. The number of carbonyl (C=O) groups excluding carboxylic acids is 6. The fourth-order valence-corrected chi connectivity index (χ4v) is 2.70. The Morgan fingerprint density at radius 2 is 1.22 bits per heavy atom. The minimum atomic E-state index is -0.681. The summed E-state index contributed by atoms with van der Waals surface area (Å²) >= 11 is 0. The summed E-state index contributed by atoms with van der Waals surface area (Å²) in [6, 6.07) is 0. The Morgan fingerprint density at radius 1 is 0.781 bits per heavy atom. The zero-order valence-electron chi connectivity index (χ0n) is 17.8. The third-order valence-corrected chi connectivity index (χ3v) is 4.41. The van der Waals surface area contributed by atoms with Crippen molar-refractivity contribution in [1.29, 1.82) is 0 Å². The van der Waals surface area contributed by atoms with Gasteiger partial charge in [0.2, 0.25) is 0 Å². The van der Waals surface area contributed by atoms with Gasteiger partial charge in [-0.2, -0.15) is 0 Å². The molecule has 2 aliphatic rings. The lowest BCUT2D eigenvalue weighted by atomic mass is 10.3. The van der Waals surface area contributed by atoms with Crippen LogP contribution in [-0.2, 0) is 47.9 Å². The zero-order valence-corrected chi connectivity index (χ0v) is 17.8. The molecule has 4 amide bonds. The first-order chi connectivity index (χ1) is 15.3. The topological polar surface area (TPSA) is 146 Å². The van der Waals surface area contributed by atoms with E-state index in [9.17, 15) is 28.8 Å². The summed E-state index contributed by atoms with van der Waals surface area (Å²) < 4.78 is 10.8. The first kappa shape index (κ1) is 25.0. The van der Waals surface area contributed by atoms with E-state index in [0.717, 1.165) is 0 Å². The van der Waals surface area contributed by atoms with Crippen LogP contribution in [0.4, 0.5) is 0 Å². The summed E-state index contributed by atoms with van der Waals surface area (Å²) in [5, 5.41) is 1.02. The van der Waals surface area contributed by atoms with Gasteiger partial charge in [0.15, 0.2) is 0 Å². The Balaban J connectivity index is 1.48. The van der Waals surface area contributed by atoms with Gasteiger partial charge in [-0.3, -0.25) is 19.2 Å². The maximum atomic E-state index is 11.7. The van der Waals surface area contributed by atoms with Gasteiger partial charge in [0, 0.05) is 32.3 Å². The molecule has 0 N–H and O–H groups in total. The normalized spacial score (nSPS) is 16.7. The summed E-state index contributed by atoms with van der Waals surface area (Å²) in [5.41, 5.74) is 0. The van der Waals surface area contributed by atoms with Gasteiger partial charge < -0.3 is 19.1 Å². The highest BCUT2D eigenvalue weighted by Gasteiger charge is 2.33. The van der Waals surface area contributed by atoms with E-state index in [2.05, 4.69) is 0 Å². The quantitative estimate of drug-likeness (QED) is 0.221.